The van der Waals surface area contributed by atoms with E-state index >= 15 is 0 Å². The molecule has 1 unspecified atom stereocenters. The number of benzene rings is 2. The van der Waals surface area contributed by atoms with Gasteiger partial charge in [-0.2, -0.15) is 0 Å². The summed E-state index contributed by atoms with van der Waals surface area (Å²) in [5, 5.41) is 15.9. The Kier molecular flexibility index (Phi) is 8.11. The molecule has 2 aromatic rings. The number of rotatable bonds is 8. The molecule has 2 aliphatic rings. The maximum Gasteiger partial charge on any atom is 0.258 e. The molecule has 1 aliphatic heterocycles. The highest BCUT2D eigenvalue weighted by molar-refractivity contribution is 7.89. The van der Waals surface area contributed by atoms with E-state index in [1.54, 1.807) is 24.3 Å². The molecule has 8 nitrogen and oxygen atoms in total. The van der Waals surface area contributed by atoms with Crippen LogP contribution in [0.2, 0.25) is 0 Å². The topological polar surface area (TPSA) is 108 Å². The average molecular weight is 502 g/mol. The van der Waals surface area contributed by atoms with Crippen LogP contribution in [-0.4, -0.2) is 55.6 Å². The van der Waals surface area contributed by atoms with Gasteiger partial charge in [-0.05, 0) is 56.5 Å². The van der Waals surface area contributed by atoms with Gasteiger partial charge in [-0.15, -0.1) is 0 Å². The highest BCUT2D eigenvalue weighted by atomic mass is 32.2. The molecule has 190 valence electrons. The summed E-state index contributed by atoms with van der Waals surface area (Å²) in [5.74, 6) is -0.199. The molecule has 1 atom stereocenters. The van der Waals surface area contributed by atoms with E-state index in [-0.39, 0.29) is 5.56 Å². The summed E-state index contributed by atoms with van der Waals surface area (Å²) in [6.07, 6.45) is 4.94. The van der Waals surface area contributed by atoms with Gasteiger partial charge in [-0.25, -0.2) is 8.42 Å². The van der Waals surface area contributed by atoms with Gasteiger partial charge in [-0.3, -0.25) is 10.0 Å². The minimum atomic E-state index is -4.34. The highest BCUT2D eigenvalue weighted by Crippen LogP contribution is 2.41. The van der Waals surface area contributed by atoms with E-state index in [9.17, 15) is 18.4 Å². The third-order valence-corrected chi connectivity index (χ3v) is 9.39. The molecular formula is C26H35N3O5S. The number of sulfonamides is 1. The number of hydrogen-bond donors (Lipinski definition) is 3. The maximum absolute atomic E-state index is 14.1. The molecule has 35 heavy (non-hydrogen) atoms. The van der Waals surface area contributed by atoms with Crippen molar-refractivity contribution >= 4 is 15.9 Å². The summed E-state index contributed by atoms with van der Waals surface area (Å²) in [6, 6.07) is 15.7. The molecule has 1 amide bonds. The number of ether oxygens (including phenoxy) is 1. The summed E-state index contributed by atoms with van der Waals surface area (Å²) in [4.78, 5) is 13.5. The van der Waals surface area contributed by atoms with Crippen LogP contribution >= 0.6 is 0 Å². The lowest BCUT2D eigenvalue weighted by Crippen LogP contribution is -2.62. The number of methoxy groups -OCH3 is 1. The second-order valence-corrected chi connectivity index (χ2v) is 11.3. The summed E-state index contributed by atoms with van der Waals surface area (Å²) >= 11 is 0. The lowest BCUT2D eigenvalue weighted by molar-refractivity contribution is -0.0492. The zero-order valence-electron chi connectivity index (χ0n) is 20.2. The summed E-state index contributed by atoms with van der Waals surface area (Å²) in [5.41, 5.74) is 0.153. The fraction of sp³-hybridized carbons (Fsp3) is 0.500. The minimum absolute atomic E-state index is 0.245. The van der Waals surface area contributed by atoms with E-state index in [1.165, 1.54) is 7.11 Å². The van der Waals surface area contributed by atoms with E-state index in [2.05, 4.69) is 10.6 Å². The number of hydrogen-bond acceptors (Lipinski definition) is 6. The summed E-state index contributed by atoms with van der Waals surface area (Å²) in [7, 11) is -2.87. The fourth-order valence-electron chi connectivity index (χ4n) is 5.49. The van der Waals surface area contributed by atoms with Gasteiger partial charge in [0.25, 0.3) is 15.9 Å². The van der Waals surface area contributed by atoms with Crippen LogP contribution in [0.15, 0.2) is 54.6 Å². The predicted octanol–water partition coefficient (Wildman–Crippen LogP) is 3.43. The first-order valence-corrected chi connectivity index (χ1v) is 13.8. The lowest BCUT2D eigenvalue weighted by atomic mass is 9.72. The smallest absolute Gasteiger partial charge is 0.258 e. The quantitative estimate of drug-likeness (QED) is 0.479. The molecule has 4 rings (SSSR count). The average Bonchev–Trinajstić information content (AvgIpc) is 2.92. The molecule has 0 bridgehead atoms. The van der Waals surface area contributed by atoms with E-state index in [1.807, 2.05) is 30.3 Å². The molecular weight excluding hydrogens is 466 g/mol. The van der Waals surface area contributed by atoms with Crippen LogP contribution in [0.4, 0.5) is 0 Å². The van der Waals surface area contributed by atoms with Gasteiger partial charge in [0.15, 0.2) is 5.37 Å². The van der Waals surface area contributed by atoms with Gasteiger partial charge < -0.3 is 15.4 Å². The number of carbonyl (C=O) groups is 1. The van der Waals surface area contributed by atoms with Crippen LogP contribution < -0.4 is 15.4 Å². The summed E-state index contributed by atoms with van der Waals surface area (Å²) < 4.78 is 34.2. The first-order chi connectivity index (χ1) is 16.9. The molecule has 3 N–H and O–H groups in total. The Balaban J connectivity index is 1.80. The van der Waals surface area contributed by atoms with Crippen molar-refractivity contribution in [3.63, 3.8) is 0 Å². The van der Waals surface area contributed by atoms with Crippen LogP contribution in [0.25, 0.3) is 0 Å². The second-order valence-electron chi connectivity index (χ2n) is 9.44. The first kappa shape index (κ1) is 25.6. The van der Waals surface area contributed by atoms with Crippen molar-refractivity contribution in [2.24, 2.45) is 0 Å². The van der Waals surface area contributed by atoms with Gasteiger partial charge in [0, 0.05) is 5.41 Å². The van der Waals surface area contributed by atoms with Gasteiger partial charge in [-0.1, -0.05) is 66.2 Å². The Morgan fingerprint density at radius 2 is 1.69 bits per heavy atom. The molecule has 0 spiro atoms. The Morgan fingerprint density at radius 1 is 1.06 bits per heavy atom. The van der Waals surface area contributed by atoms with E-state index < -0.39 is 32.8 Å². The predicted molar refractivity (Wildman–Crippen MR) is 134 cm³/mol. The number of amides is 1. The van der Waals surface area contributed by atoms with Gasteiger partial charge >= 0.3 is 0 Å². The van der Waals surface area contributed by atoms with Crippen molar-refractivity contribution in [3.8, 4) is 5.75 Å². The van der Waals surface area contributed by atoms with Crippen molar-refractivity contribution in [1.82, 2.24) is 15.1 Å². The Bertz CT molecular complexity index is 1100. The first-order valence-electron chi connectivity index (χ1n) is 12.3. The molecule has 1 aliphatic carbocycles. The normalized spacial score (nSPS) is 19.7. The number of para-hydroxylation sites is 1. The minimum Gasteiger partial charge on any atom is -0.496 e. The second kappa shape index (κ2) is 11.1. The molecule has 0 aromatic heterocycles. The van der Waals surface area contributed by atoms with Crippen molar-refractivity contribution in [1.29, 1.82) is 0 Å². The van der Waals surface area contributed by atoms with Crippen LogP contribution in [0, 0.1) is 0 Å². The number of piperidine rings is 1. The molecule has 1 heterocycles. The van der Waals surface area contributed by atoms with E-state index in [0.29, 0.717) is 49.0 Å². The zero-order valence-corrected chi connectivity index (χ0v) is 21.0. The monoisotopic (exact) mass is 501 g/mol. The zero-order chi connectivity index (χ0) is 24.9. The van der Waals surface area contributed by atoms with Gasteiger partial charge in [0.1, 0.15) is 5.75 Å². The third-order valence-electron chi connectivity index (χ3n) is 7.41. The van der Waals surface area contributed by atoms with Gasteiger partial charge in [0.2, 0.25) is 0 Å². The van der Waals surface area contributed by atoms with Gasteiger partial charge in [0.05, 0.1) is 18.7 Å². The van der Waals surface area contributed by atoms with Crippen LogP contribution in [0.5, 0.6) is 5.75 Å². The standard InChI is InChI=1S/C26H35N3O5S/c1-34-23-15-9-8-14-22(23)24(30)28-25(35(32,33)29(31)21-12-6-3-7-13-21)26(16-18-27-19-17-26)20-10-4-2-5-11-20/h2,4-5,8-11,14-15,21,25,27,31H,3,6-7,12-13,16-19H2,1H3,(H,28,30). The Labute approximate surface area is 207 Å². The van der Waals surface area contributed by atoms with Crippen molar-refractivity contribution in [3.05, 3.63) is 65.7 Å². The van der Waals surface area contributed by atoms with Crippen LogP contribution in [0.3, 0.4) is 0 Å². The molecule has 0 radical (unpaired) electrons. The van der Waals surface area contributed by atoms with Crippen molar-refractivity contribution in [2.45, 2.75) is 61.8 Å². The summed E-state index contributed by atoms with van der Waals surface area (Å²) in [6.45, 7) is 1.20. The van der Waals surface area contributed by atoms with Crippen molar-refractivity contribution < 1.29 is 23.2 Å². The lowest BCUT2D eigenvalue weighted by Gasteiger charge is -2.45. The number of nitrogens with zero attached hydrogens (tertiary/aromatic N) is 1. The maximum atomic E-state index is 14.1. The number of hydroxylamine groups is 1. The number of nitrogens with one attached hydrogen (secondary N) is 2. The molecule has 1 saturated carbocycles. The Hall–Kier alpha value is -2.46. The van der Waals surface area contributed by atoms with Crippen molar-refractivity contribution in [2.75, 3.05) is 20.2 Å². The van der Waals surface area contributed by atoms with Crippen LogP contribution in [-0.2, 0) is 15.4 Å². The molecule has 9 heteroatoms. The molecule has 2 fully saturated rings. The van der Waals surface area contributed by atoms with Crippen LogP contribution in [0.1, 0.15) is 60.9 Å². The largest absolute Gasteiger partial charge is 0.496 e. The van der Waals surface area contributed by atoms with E-state index in [0.717, 1.165) is 24.8 Å². The Morgan fingerprint density at radius 3 is 2.34 bits per heavy atom. The highest BCUT2D eigenvalue weighted by Gasteiger charge is 2.52. The van der Waals surface area contributed by atoms with E-state index in [4.69, 9.17) is 4.74 Å². The molecule has 1 saturated heterocycles. The number of carbonyl (C=O) groups excluding carboxylic acids is 1. The SMILES string of the molecule is COc1ccccc1C(=O)NC(C1(c2ccccc2)CCNCC1)S(=O)(=O)N(O)C1CCCCC1. The third kappa shape index (κ3) is 5.23. The molecule has 2 aromatic carbocycles. The fourth-order valence-corrected chi connectivity index (χ4v) is 7.53.